The number of nitrogens with zero attached hydrogens (tertiary/aromatic N) is 2. The van der Waals surface area contributed by atoms with Crippen LogP contribution in [0.25, 0.3) is 0 Å². The number of hydrogen-bond acceptors (Lipinski definition) is 5. The topological polar surface area (TPSA) is 63.4 Å². The minimum atomic E-state index is -0.531. The van der Waals surface area contributed by atoms with Gasteiger partial charge >= 0.3 is 0 Å². The zero-order valence-electron chi connectivity index (χ0n) is 21.4. The molecule has 2 aliphatic rings. The van der Waals surface area contributed by atoms with Gasteiger partial charge in [0.2, 0.25) is 11.8 Å². The molecule has 0 saturated carbocycles. The number of ether oxygens (including phenoxy) is 2. The van der Waals surface area contributed by atoms with E-state index in [1.54, 1.807) is 0 Å². The van der Waals surface area contributed by atoms with Gasteiger partial charge in [0.25, 0.3) is 0 Å². The standard InChI is InChI=1S/C16H13BrFNO.C16H14BrNO2/c17-13-8-6-11(7-9-13)15-14(10-18)19-16(20-15)12-4-2-1-3-5-12;17-13-8-6-11(7-9-13)15-14(10-19)18-16(20-15)12-4-2-1-3-5-12/h1-9,14-15H,10H2;1-9,14-15,19H,10H2/t2*14-,15-/m11/s1. The monoisotopic (exact) mass is 664 g/mol. The maximum atomic E-state index is 13.2. The first kappa shape index (κ1) is 28.2. The van der Waals surface area contributed by atoms with Crippen molar-refractivity contribution in [1.29, 1.82) is 0 Å². The van der Waals surface area contributed by atoms with Crippen LogP contribution in [0.4, 0.5) is 4.39 Å². The molecule has 2 aliphatic heterocycles. The van der Waals surface area contributed by atoms with Crippen LogP contribution in [0.1, 0.15) is 34.5 Å². The lowest BCUT2D eigenvalue weighted by Gasteiger charge is -2.16. The first-order valence-corrected chi connectivity index (χ1v) is 14.4. The van der Waals surface area contributed by atoms with Crippen molar-refractivity contribution in [1.82, 2.24) is 0 Å². The third-order valence-electron chi connectivity index (χ3n) is 6.53. The van der Waals surface area contributed by atoms with Crippen LogP contribution in [0.2, 0.25) is 0 Å². The third kappa shape index (κ3) is 6.69. The summed E-state index contributed by atoms with van der Waals surface area (Å²) in [6.07, 6.45) is -0.591. The molecule has 6 rings (SSSR count). The SMILES string of the molecule is FC[C@H]1N=C(c2ccccc2)O[C@@H]1c1ccc(Br)cc1.OC[C@H]1N=C(c2ccccc2)O[C@@H]1c1ccc(Br)cc1. The van der Waals surface area contributed by atoms with Crippen LogP contribution in [-0.4, -0.2) is 42.3 Å². The largest absolute Gasteiger partial charge is 0.467 e. The molecule has 8 heteroatoms. The van der Waals surface area contributed by atoms with Crippen LogP contribution in [0.3, 0.4) is 0 Å². The average Bonchev–Trinajstić information content (AvgIpc) is 3.64. The number of aliphatic imine (C=N–C) groups is 2. The predicted molar refractivity (Wildman–Crippen MR) is 163 cm³/mol. The Morgan fingerprint density at radius 1 is 0.600 bits per heavy atom. The first-order valence-electron chi connectivity index (χ1n) is 12.8. The Balaban J connectivity index is 0.000000161. The van der Waals surface area contributed by atoms with Crippen molar-refractivity contribution in [3.63, 3.8) is 0 Å². The number of halogens is 3. The number of rotatable bonds is 6. The van der Waals surface area contributed by atoms with Crippen LogP contribution < -0.4 is 0 Å². The smallest absolute Gasteiger partial charge is 0.217 e. The van der Waals surface area contributed by atoms with Gasteiger partial charge in [0.05, 0.1) is 6.61 Å². The molecule has 0 bridgehead atoms. The highest BCUT2D eigenvalue weighted by Crippen LogP contribution is 2.33. The number of alkyl halides is 1. The van der Waals surface area contributed by atoms with Crippen molar-refractivity contribution in [2.75, 3.05) is 13.3 Å². The molecular formula is C32H27Br2FN2O3. The van der Waals surface area contributed by atoms with Gasteiger partial charge in [0.1, 0.15) is 18.8 Å². The normalized spacial score (nSPS) is 21.4. The highest BCUT2D eigenvalue weighted by molar-refractivity contribution is 9.10. The van der Waals surface area contributed by atoms with Crippen LogP contribution >= 0.6 is 31.9 Å². The summed E-state index contributed by atoms with van der Waals surface area (Å²) in [5, 5.41) is 9.52. The van der Waals surface area contributed by atoms with Crippen molar-refractivity contribution in [3.8, 4) is 0 Å². The molecule has 1 N–H and O–H groups in total. The van der Waals surface area contributed by atoms with Gasteiger partial charge < -0.3 is 14.6 Å². The van der Waals surface area contributed by atoms with Crippen molar-refractivity contribution < 1.29 is 19.0 Å². The Bertz CT molecular complexity index is 1340. The Morgan fingerprint density at radius 2 is 1.00 bits per heavy atom. The molecule has 5 nitrogen and oxygen atoms in total. The summed E-state index contributed by atoms with van der Waals surface area (Å²) >= 11 is 6.81. The van der Waals surface area contributed by atoms with Crippen LogP contribution in [0, 0.1) is 0 Å². The van der Waals surface area contributed by atoms with E-state index in [1.807, 2.05) is 109 Å². The summed E-state index contributed by atoms with van der Waals surface area (Å²) in [6, 6.07) is 34.2. The fourth-order valence-corrected chi connectivity index (χ4v) is 5.01. The number of hydrogen-bond donors (Lipinski definition) is 1. The van der Waals surface area contributed by atoms with Crippen molar-refractivity contribution in [3.05, 3.63) is 140 Å². The van der Waals surface area contributed by atoms with Crippen molar-refractivity contribution in [2.24, 2.45) is 9.98 Å². The Labute approximate surface area is 249 Å². The van der Waals surface area contributed by atoms with Crippen LogP contribution in [-0.2, 0) is 9.47 Å². The molecule has 4 aromatic rings. The quantitative estimate of drug-likeness (QED) is 0.230. The minimum absolute atomic E-state index is 0.0307. The second-order valence-corrected chi connectivity index (χ2v) is 11.1. The lowest BCUT2D eigenvalue weighted by atomic mass is 10.0. The Kier molecular flexibility index (Phi) is 9.41. The van der Waals surface area contributed by atoms with Crippen LogP contribution in [0.5, 0.6) is 0 Å². The number of benzene rings is 4. The van der Waals surface area contributed by atoms with E-state index in [4.69, 9.17) is 9.47 Å². The minimum Gasteiger partial charge on any atom is -0.467 e. The molecule has 204 valence electrons. The number of aliphatic hydroxyl groups is 1. The van der Waals surface area contributed by atoms with Gasteiger partial charge in [-0.3, -0.25) is 0 Å². The summed E-state index contributed by atoms with van der Waals surface area (Å²) in [6.45, 7) is -0.561. The molecule has 0 unspecified atom stereocenters. The molecule has 0 aliphatic carbocycles. The van der Waals surface area contributed by atoms with Crippen LogP contribution in [0.15, 0.2) is 128 Å². The summed E-state index contributed by atoms with van der Waals surface area (Å²) in [7, 11) is 0. The van der Waals surface area contributed by atoms with Gasteiger partial charge in [0.15, 0.2) is 12.2 Å². The zero-order valence-corrected chi connectivity index (χ0v) is 24.6. The Hall–Kier alpha value is -3.33. The van der Waals surface area contributed by atoms with Crippen molar-refractivity contribution in [2.45, 2.75) is 24.3 Å². The van der Waals surface area contributed by atoms with Gasteiger partial charge in [-0.25, -0.2) is 14.4 Å². The highest BCUT2D eigenvalue weighted by atomic mass is 79.9. The van der Waals surface area contributed by atoms with E-state index in [0.29, 0.717) is 11.8 Å². The van der Waals surface area contributed by atoms with Gasteiger partial charge in [-0.2, -0.15) is 0 Å². The third-order valence-corrected chi connectivity index (χ3v) is 7.58. The molecular weight excluding hydrogens is 639 g/mol. The zero-order chi connectivity index (χ0) is 27.9. The van der Waals surface area contributed by atoms with E-state index in [2.05, 4.69) is 41.8 Å². The maximum Gasteiger partial charge on any atom is 0.217 e. The van der Waals surface area contributed by atoms with E-state index in [1.165, 1.54) is 0 Å². The summed E-state index contributed by atoms with van der Waals surface area (Å²) in [4.78, 5) is 8.85. The van der Waals surface area contributed by atoms with Gasteiger partial charge in [-0.05, 0) is 59.7 Å². The molecule has 0 radical (unpaired) electrons. The fraction of sp³-hybridized carbons (Fsp3) is 0.188. The van der Waals surface area contributed by atoms with Gasteiger partial charge in [0, 0.05) is 20.1 Å². The molecule has 0 amide bonds. The second-order valence-electron chi connectivity index (χ2n) is 9.25. The van der Waals surface area contributed by atoms with E-state index < -0.39 is 12.7 Å². The van der Waals surface area contributed by atoms with Gasteiger partial charge in [-0.15, -0.1) is 0 Å². The Morgan fingerprint density at radius 3 is 1.40 bits per heavy atom. The maximum absolute atomic E-state index is 13.2. The highest BCUT2D eigenvalue weighted by Gasteiger charge is 2.33. The van der Waals surface area contributed by atoms with Gasteiger partial charge in [-0.1, -0.05) is 92.5 Å². The second kappa shape index (κ2) is 13.4. The fourth-order valence-electron chi connectivity index (χ4n) is 4.48. The van der Waals surface area contributed by atoms with E-state index in [0.717, 1.165) is 31.2 Å². The first-order chi connectivity index (χ1) is 19.6. The lowest BCUT2D eigenvalue weighted by molar-refractivity contribution is 0.152. The molecule has 2 heterocycles. The van der Waals surface area contributed by atoms with E-state index in [9.17, 15) is 9.50 Å². The van der Waals surface area contributed by atoms with E-state index >= 15 is 0 Å². The average molecular weight is 666 g/mol. The van der Waals surface area contributed by atoms with E-state index in [-0.39, 0.29) is 24.9 Å². The molecule has 4 atom stereocenters. The molecule has 0 saturated heterocycles. The summed E-state index contributed by atoms with van der Waals surface area (Å²) in [5.41, 5.74) is 3.77. The molecule has 0 spiro atoms. The molecule has 0 fully saturated rings. The molecule has 0 aromatic heterocycles. The summed E-state index contributed by atoms with van der Waals surface area (Å²) in [5.74, 6) is 1.11. The lowest BCUT2D eigenvalue weighted by Crippen LogP contribution is -2.17. The predicted octanol–water partition coefficient (Wildman–Crippen LogP) is 7.63. The van der Waals surface area contributed by atoms with Crippen molar-refractivity contribution >= 4 is 43.7 Å². The molecule has 4 aromatic carbocycles. The summed E-state index contributed by atoms with van der Waals surface area (Å²) < 4.78 is 27.0. The molecule has 40 heavy (non-hydrogen) atoms. The number of aliphatic hydroxyl groups excluding tert-OH is 1.